The van der Waals surface area contributed by atoms with E-state index in [-0.39, 0.29) is 29.9 Å². The summed E-state index contributed by atoms with van der Waals surface area (Å²) in [5, 5.41) is 27.7. The van der Waals surface area contributed by atoms with E-state index in [4.69, 9.17) is 10.4 Å². The summed E-state index contributed by atoms with van der Waals surface area (Å²) in [6.45, 7) is 8.47. The molecule has 0 spiro atoms. The fourth-order valence-corrected chi connectivity index (χ4v) is 1.83. The fraction of sp³-hybridized carbons (Fsp3) is 0.667. The second kappa shape index (κ2) is 7.80. The smallest absolute Gasteiger partial charge is 0.320 e. The van der Waals surface area contributed by atoms with Crippen LogP contribution in [0.2, 0.25) is 0 Å². The number of aliphatic hydroxyl groups is 1. The first-order chi connectivity index (χ1) is 10.3. The highest BCUT2D eigenvalue weighted by Gasteiger charge is 2.16. The van der Waals surface area contributed by atoms with Crippen LogP contribution in [-0.4, -0.2) is 34.1 Å². The predicted octanol–water partition coefficient (Wildman–Crippen LogP) is 2.26. The standard InChI is InChI=1S/C15H25N5O2/c1-11(2)20-9-12(8-16)13(19-20)18-14(22)17-7-5-6-15(3,4)10-21/h9,11,21H,5-7,10H2,1-4H3,(H2,17,18,19,22). The van der Waals surface area contributed by atoms with Gasteiger partial charge in [0.2, 0.25) is 0 Å². The highest BCUT2D eigenvalue weighted by Crippen LogP contribution is 2.20. The van der Waals surface area contributed by atoms with E-state index < -0.39 is 0 Å². The minimum atomic E-state index is -0.382. The van der Waals surface area contributed by atoms with Crippen molar-refractivity contribution in [2.24, 2.45) is 5.41 Å². The Balaban J connectivity index is 2.47. The number of nitrogens with one attached hydrogen (secondary N) is 2. The largest absolute Gasteiger partial charge is 0.396 e. The number of aromatic nitrogens is 2. The number of hydrogen-bond donors (Lipinski definition) is 3. The first-order valence-electron chi connectivity index (χ1n) is 7.44. The number of carbonyl (C=O) groups is 1. The van der Waals surface area contributed by atoms with E-state index in [1.54, 1.807) is 10.9 Å². The number of aliphatic hydroxyl groups excluding tert-OH is 1. The van der Waals surface area contributed by atoms with Gasteiger partial charge in [0.05, 0.1) is 0 Å². The lowest BCUT2D eigenvalue weighted by Gasteiger charge is -2.21. The quantitative estimate of drug-likeness (QED) is 0.672. The van der Waals surface area contributed by atoms with Gasteiger partial charge in [0.25, 0.3) is 0 Å². The summed E-state index contributed by atoms with van der Waals surface area (Å²) in [6.07, 6.45) is 3.20. The highest BCUT2D eigenvalue weighted by atomic mass is 16.3. The van der Waals surface area contributed by atoms with Crippen LogP contribution >= 0.6 is 0 Å². The molecule has 0 aliphatic heterocycles. The molecule has 0 atom stereocenters. The number of amides is 2. The summed E-state index contributed by atoms with van der Waals surface area (Å²) >= 11 is 0. The third-order valence-corrected chi connectivity index (χ3v) is 3.36. The van der Waals surface area contributed by atoms with Crippen molar-refractivity contribution in [1.29, 1.82) is 5.26 Å². The Labute approximate surface area is 131 Å². The van der Waals surface area contributed by atoms with Crippen molar-refractivity contribution in [3.8, 4) is 6.07 Å². The monoisotopic (exact) mass is 307 g/mol. The molecule has 3 N–H and O–H groups in total. The molecule has 2 amide bonds. The average Bonchev–Trinajstić information content (AvgIpc) is 2.87. The summed E-state index contributed by atoms with van der Waals surface area (Å²) < 4.78 is 1.64. The van der Waals surface area contributed by atoms with Gasteiger partial charge in [-0.1, -0.05) is 13.8 Å². The van der Waals surface area contributed by atoms with Crippen LogP contribution in [0.4, 0.5) is 10.6 Å². The molecule has 0 fully saturated rings. The molecular formula is C15H25N5O2. The molecule has 0 saturated heterocycles. The molecule has 7 nitrogen and oxygen atoms in total. The van der Waals surface area contributed by atoms with Gasteiger partial charge in [0, 0.05) is 25.4 Å². The number of carbonyl (C=O) groups excluding carboxylic acids is 1. The number of anilines is 1. The first-order valence-corrected chi connectivity index (χ1v) is 7.44. The van der Waals surface area contributed by atoms with Crippen molar-refractivity contribution in [1.82, 2.24) is 15.1 Å². The summed E-state index contributed by atoms with van der Waals surface area (Å²) in [5.41, 5.74) is 0.201. The van der Waals surface area contributed by atoms with Gasteiger partial charge < -0.3 is 10.4 Å². The van der Waals surface area contributed by atoms with E-state index in [9.17, 15) is 4.79 Å². The zero-order chi connectivity index (χ0) is 16.8. The minimum absolute atomic E-state index is 0.117. The number of nitrogens with zero attached hydrogens (tertiary/aromatic N) is 3. The molecule has 1 aromatic heterocycles. The van der Waals surface area contributed by atoms with Crippen molar-refractivity contribution in [2.75, 3.05) is 18.5 Å². The molecule has 0 bridgehead atoms. The minimum Gasteiger partial charge on any atom is -0.396 e. The van der Waals surface area contributed by atoms with Crippen molar-refractivity contribution < 1.29 is 9.90 Å². The van der Waals surface area contributed by atoms with Crippen LogP contribution < -0.4 is 10.6 Å². The van der Waals surface area contributed by atoms with Crippen molar-refractivity contribution in [2.45, 2.75) is 46.6 Å². The van der Waals surface area contributed by atoms with Crippen LogP contribution in [0.15, 0.2) is 6.20 Å². The van der Waals surface area contributed by atoms with E-state index >= 15 is 0 Å². The Morgan fingerprint density at radius 2 is 2.23 bits per heavy atom. The first kappa shape index (κ1) is 18.0. The van der Waals surface area contributed by atoms with Gasteiger partial charge in [-0.2, -0.15) is 10.4 Å². The second-order valence-electron chi connectivity index (χ2n) is 6.38. The fourth-order valence-electron chi connectivity index (χ4n) is 1.83. The Bertz CT molecular complexity index is 543. The zero-order valence-electron chi connectivity index (χ0n) is 13.7. The van der Waals surface area contributed by atoms with Crippen molar-refractivity contribution in [3.05, 3.63) is 11.8 Å². The van der Waals surface area contributed by atoms with Crippen LogP contribution in [0.1, 0.15) is 52.1 Å². The Kier molecular flexibility index (Phi) is 6.38. The van der Waals surface area contributed by atoms with Crippen LogP contribution in [-0.2, 0) is 0 Å². The maximum absolute atomic E-state index is 11.8. The molecule has 1 heterocycles. The highest BCUT2D eigenvalue weighted by molar-refractivity contribution is 5.89. The third-order valence-electron chi connectivity index (χ3n) is 3.36. The molecule has 0 aliphatic rings. The van der Waals surface area contributed by atoms with Gasteiger partial charge in [-0.3, -0.25) is 10.00 Å². The molecule has 1 rings (SSSR count). The van der Waals surface area contributed by atoms with Gasteiger partial charge in [-0.25, -0.2) is 4.79 Å². The molecule has 122 valence electrons. The normalized spacial score (nSPS) is 11.3. The molecule has 7 heteroatoms. The predicted molar refractivity (Wildman–Crippen MR) is 84.4 cm³/mol. The number of urea groups is 1. The Hall–Kier alpha value is -2.07. The second-order valence-corrected chi connectivity index (χ2v) is 6.38. The summed E-state index contributed by atoms with van der Waals surface area (Å²) in [4.78, 5) is 11.8. The third kappa shape index (κ3) is 5.37. The molecule has 0 saturated carbocycles. The van der Waals surface area contributed by atoms with E-state index in [0.717, 1.165) is 12.8 Å². The Morgan fingerprint density at radius 1 is 1.55 bits per heavy atom. The van der Waals surface area contributed by atoms with Gasteiger partial charge in [0.1, 0.15) is 11.6 Å². The van der Waals surface area contributed by atoms with Crippen LogP contribution in [0.3, 0.4) is 0 Å². The number of rotatable bonds is 7. The topological polar surface area (TPSA) is 103 Å². The van der Waals surface area contributed by atoms with Gasteiger partial charge in [-0.05, 0) is 32.1 Å². The van der Waals surface area contributed by atoms with E-state index in [1.807, 2.05) is 33.8 Å². The molecule has 22 heavy (non-hydrogen) atoms. The van der Waals surface area contributed by atoms with Crippen LogP contribution in [0, 0.1) is 16.7 Å². The van der Waals surface area contributed by atoms with E-state index in [2.05, 4.69) is 15.7 Å². The number of hydrogen-bond acceptors (Lipinski definition) is 4. The summed E-state index contributed by atoms with van der Waals surface area (Å²) in [7, 11) is 0. The average molecular weight is 307 g/mol. The van der Waals surface area contributed by atoms with Crippen LogP contribution in [0.5, 0.6) is 0 Å². The SMILES string of the molecule is CC(C)n1cc(C#N)c(NC(=O)NCCCC(C)(C)CO)n1. The summed E-state index contributed by atoms with van der Waals surface area (Å²) in [5.74, 6) is 0.268. The summed E-state index contributed by atoms with van der Waals surface area (Å²) in [6, 6.07) is 1.75. The lowest BCUT2D eigenvalue weighted by Crippen LogP contribution is -2.31. The Morgan fingerprint density at radius 3 is 2.77 bits per heavy atom. The lowest BCUT2D eigenvalue weighted by molar-refractivity contribution is 0.148. The number of nitriles is 1. The van der Waals surface area contributed by atoms with Gasteiger partial charge in [-0.15, -0.1) is 0 Å². The maximum atomic E-state index is 11.8. The molecule has 1 aromatic rings. The lowest BCUT2D eigenvalue weighted by atomic mass is 9.89. The molecule has 0 unspecified atom stereocenters. The van der Waals surface area contributed by atoms with Crippen molar-refractivity contribution in [3.63, 3.8) is 0 Å². The van der Waals surface area contributed by atoms with Gasteiger partial charge >= 0.3 is 6.03 Å². The molecule has 0 aromatic carbocycles. The van der Waals surface area contributed by atoms with Crippen LogP contribution in [0.25, 0.3) is 0 Å². The molecular weight excluding hydrogens is 282 g/mol. The van der Waals surface area contributed by atoms with Gasteiger partial charge in [0.15, 0.2) is 5.82 Å². The van der Waals surface area contributed by atoms with Crippen molar-refractivity contribution >= 4 is 11.8 Å². The molecule has 0 radical (unpaired) electrons. The maximum Gasteiger partial charge on any atom is 0.320 e. The van der Waals surface area contributed by atoms with E-state index in [0.29, 0.717) is 12.1 Å². The van der Waals surface area contributed by atoms with E-state index in [1.165, 1.54) is 0 Å². The molecule has 0 aliphatic carbocycles. The zero-order valence-corrected chi connectivity index (χ0v) is 13.7.